The van der Waals surface area contributed by atoms with Gasteiger partial charge < -0.3 is 14.8 Å². The van der Waals surface area contributed by atoms with Crippen molar-refractivity contribution in [3.8, 4) is 5.75 Å². The van der Waals surface area contributed by atoms with E-state index in [0.29, 0.717) is 12.3 Å². The molecule has 1 aromatic carbocycles. The lowest BCUT2D eigenvalue weighted by molar-refractivity contribution is -0.141. The Morgan fingerprint density at radius 3 is 2.53 bits per heavy atom. The average Bonchev–Trinajstić information content (AvgIpc) is 2.38. The highest BCUT2D eigenvalue weighted by Gasteiger charge is 2.22. The molecule has 0 heterocycles. The molecule has 0 spiro atoms. The number of ether oxygens (including phenoxy) is 2. The second kappa shape index (κ2) is 7.02. The van der Waals surface area contributed by atoms with Gasteiger partial charge in [-0.2, -0.15) is 0 Å². The zero-order chi connectivity index (χ0) is 14.4. The summed E-state index contributed by atoms with van der Waals surface area (Å²) in [4.78, 5) is 11.8. The fourth-order valence-corrected chi connectivity index (χ4v) is 2.00. The third-order valence-corrected chi connectivity index (χ3v) is 2.97. The third-order valence-electron chi connectivity index (χ3n) is 2.97. The minimum atomic E-state index is -0.361. The molecule has 0 radical (unpaired) electrons. The van der Waals surface area contributed by atoms with Crippen molar-refractivity contribution in [3.05, 3.63) is 23.8 Å². The van der Waals surface area contributed by atoms with Crippen molar-refractivity contribution >= 4 is 11.7 Å². The Kier molecular flexibility index (Phi) is 5.67. The van der Waals surface area contributed by atoms with E-state index in [1.807, 2.05) is 25.1 Å². The van der Waals surface area contributed by atoms with Crippen LogP contribution in [0.2, 0.25) is 0 Å². The van der Waals surface area contributed by atoms with Gasteiger partial charge in [-0.15, -0.1) is 0 Å². The van der Waals surface area contributed by atoms with Crippen molar-refractivity contribution in [1.82, 2.24) is 0 Å². The molecule has 0 saturated heterocycles. The van der Waals surface area contributed by atoms with E-state index in [2.05, 4.69) is 19.2 Å². The Balaban J connectivity index is 2.98. The van der Waals surface area contributed by atoms with Gasteiger partial charge in [0, 0.05) is 0 Å². The van der Waals surface area contributed by atoms with Crippen LogP contribution in [0.5, 0.6) is 5.75 Å². The SMILES string of the molecule is COC(=O)C(CC(C)C)Nc1c(C)cccc1OC. The summed E-state index contributed by atoms with van der Waals surface area (Å²) >= 11 is 0. The number of esters is 1. The van der Waals surface area contributed by atoms with Gasteiger partial charge in [-0.25, -0.2) is 4.79 Å². The van der Waals surface area contributed by atoms with Crippen LogP contribution < -0.4 is 10.1 Å². The first-order chi connectivity index (χ1) is 8.99. The molecule has 1 unspecified atom stereocenters. The number of methoxy groups -OCH3 is 2. The lowest BCUT2D eigenvalue weighted by Gasteiger charge is -2.22. The number of rotatable bonds is 6. The molecule has 0 bridgehead atoms. The fraction of sp³-hybridized carbons (Fsp3) is 0.533. The van der Waals surface area contributed by atoms with Gasteiger partial charge in [-0.05, 0) is 30.9 Å². The molecule has 0 aliphatic heterocycles. The lowest BCUT2D eigenvalue weighted by atomic mass is 10.0. The Morgan fingerprint density at radius 2 is 2.00 bits per heavy atom. The number of aryl methyl sites for hydroxylation is 1. The summed E-state index contributed by atoms with van der Waals surface area (Å²) in [7, 11) is 3.03. The van der Waals surface area contributed by atoms with E-state index >= 15 is 0 Å². The predicted octanol–water partition coefficient (Wildman–Crippen LogP) is 3.00. The molecular formula is C15H23NO3. The largest absolute Gasteiger partial charge is 0.495 e. The molecule has 1 atom stereocenters. The van der Waals surface area contributed by atoms with Crippen molar-refractivity contribution in [1.29, 1.82) is 0 Å². The number of hydrogen-bond donors (Lipinski definition) is 1. The number of anilines is 1. The van der Waals surface area contributed by atoms with E-state index in [1.165, 1.54) is 7.11 Å². The van der Waals surface area contributed by atoms with Gasteiger partial charge in [0.15, 0.2) is 0 Å². The quantitative estimate of drug-likeness (QED) is 0.803. The topological polar surface area (TPSA) is 47.6 Å². The fourth-order valence-electron chi connectivity index (χ4n) is 2.00. The van der Waals surface area contributed by atoms with Crippen molar-refractivity contribution in [2.75, 3.05) is 19.5 Å². The van der Waals surface area contributed by atoms with Crippen LogP contribution in [0.25, 0.3) is 0 Å². The van der Waals surface area contributed by atoms with Crippen LogP contribution in [0.1, 0.15) is 25.8 Å². The smallest absolute Gasteiger partial charge is 0.328 e. The van der Waals surface area contributed by atoms with Crippen LogP contribution in [0, 0.1) is 12.8 Å². The number of nitrogens with one attached hydrogen (secondary N) is 1. The van der Waals surface area contributed by atoms with Gasteiger partial charge in [0.05, 0.1) is 19.9 Å². The summed E-state index contributed by atoms with van der Waals surface area (Å²) in [5, 5.41) is 3.25. The van der Waals surface area contributed by atoms with Gasteiger partial charge >= 0.3 is 5.97 Å². The van der Waals surface area contributed by atoms with Gasteiger partial charge in [-0.1, -0.05) is 26.0 Å². The zero-order valence-electron chi connectivity index (χ0n) is 12.3. The van der Waals surface area contributed by atoms with Gasteiger partial charge in [0.1, 0.15) is 11.8 Å². The highest BCUT2D eigenvalue weighted by molar-refractivity contribution is 5.80. The highest BCUT2D eigenvalue weighted by atomic mass is 16.5. The summed E-state index contributed by atoms with van der Waals surface area (Å²) in [6.45, 7) is 6.13. The van der Waals surface area contributed by atoms with E-state index in [9.17, 15) is 4.79 Å². The number of para-hydroxylation sites is 1. The molecule has 19 heavy (non-hydrogen) atoms. The Hall–Kier alpha value is -1.71. The number of hydrogen-bond acceptors (Lipinski definition) is 4. The van der Waals surface area contributed by atoms with E-state index in [-0.39, 0.29) is 12.0 Å². The van der Waals surface area contributed by atoms with Gasteiger partial charge in [0.2, 0.25) is 0 Å². The summed E-state index contributed by atoms with van der Waals surface area (Å²) < 4.78 is 10.2. The summed E-state index contributed by atoms with van der Waals surface area (Å²) in [6.07, 6.45) is 0.712. The second-order valence-corrected chi connectivity index (χ2v) is 5.00. The van der Waals surface area contributed by atoms with Crippen LogP contribution in [-0.2, 0) is 9.53 Å². The summed E-state index contributed by atoms with van der Waals surface area (Å²) in [5.41, 5.74) is 1.89. The molecule has 1 N–H and O–H groups in total. The van der Waals surface area contributed by atoms with Crippen molar-refractivity contribution in [2.45, 2.75) is 33.2 Å². The van der Waals surface area contributed by atoms with E-state index in [0.717, 1.165) is 17.0 Å². The standard InChI is InChI=1S/C15H23NO3/c1-10(2)9-12(15(17)19-5)16-14-11(3)7-6-8-13(14)18-4/h6-8,10,12,16H,9H2,1-5H3. The van der Waals surface area contributed by atoms with E-state index in [1.54, 1.807) is 7.11 Å². The molecule has 106 valence electrons. The monoisotopic (exact) mass is 265 g/mol. The first-order valence-corrected chi connectivity index (χ1v) is 6.47. The molecule has 1 rings (SSSR count). The molecule has 0 amide bonds. The highest BCUT2D eigenvalue weighted by Crippen LogP contribution is 2.29. The predicted molar refractivity (Wildman–Crippen MR) is 76.6 cm³/mol. The number of carbonyl (C=O) groups excluding carboxylic acids is 1. The van der Waals surface area contributed by atoms with E-state index < -0.39 is 0 Å². The maximum absolute atomic E-state index is 11.8. The normalized spacial score (nSPS) is 12.1. The molecule has 0 aliphatic carbocycles. The van der Waals surface area contributed by atoms with Crippen molar-refractivity contribution < 1.29 is 14.3 Å². The Bertz CT molecular complexity index is 429. The van der Waals surface area contributed by atoms with Crippen LogP contribution in [0.15, 0.2) is 18.2 Å². The van der Waals surface area contributed by atoms with Crippen LogP contribution in [0.3, 0.4) is 0 Å². The Morgan fingerprint density at radius 1 is 1.32 bits per heavy atom. The zero-order valence-corrected chi connectivity index (χ0v) is 12.3. The van der Waals surface area contributed by atoms with E-state index in [4.69, 9.17) is 9.47 Å². The molecule has 4 heteroatoms. The molecule has 1 aromatic rings. The first kappa shape index (κ1) is 15.3. The van der Waals surface area contributed by atoms with Gasteiger partial charge in [-0.3, -0.25) is 0 Å². The maximum atomic E-state index is 11.8. The van der Waals surface area contributed by atoms with Crippen LogP contribution in [-0.4, -0.2) is 26.2 Å². The molecule has 0 fully saturated rings. The molecule has 0 aromatic heterocycles. The first-order valence-electron chi connectivity index (χ1n) is 6.47. The molecule has 0 saturated carbocycles. The lowest BCUT2D eigenvalue weighted by Crippen LogP contribution is -2.32. The number of benzene rings is 1. The minimum Gasteiger partial charge on any atom is -0.495 e. The molecule has 4 nitrogen and oxygen atoms in total. The molecular weight excluding hydrogens is 242 g/mol. The molecule has 0 aliphatic rings. The van der Waals surface area contributed by atoms with Crippen molar-refractivity contribution in [3.63, 3.8) is 0 Å². The van der Waals surface area contributed by atoms with Crippen LogP contribution >= 0.6 is 0 Å². The van der Waals surface area contributed by atoms with Gasteiger partial charge in [0.25, 0.3) is 0 Å². The Labute approximate surface area is 115 Å². The third kappa shape index (κ3) is 4.16. The number of carbonyl (C=O) groups is 1. The average molecular weight is 265 g/mol. The maximum Gasteiger partial charge on any atom is 0.328 e. The van der Waals surface area contributed by atoms with Crippen LogP contribution in [0.4, 0.5) is 5.69 Å². The van der Waals surface area contributed by atoms with Crippen molar-refractivity contribution in [2.24, 2.45) is 5.92 Å². The second-order valence-electron chi connectivity index (χ2n) is 5.00. The summed E-state index contributed by atoms with van der Waals surface area (Å²) in [5.74, 6) is 0.878. The minimum absolute atomic E-state index is 0.251. The summed E-state index contributed by atoms with van der Waals surface area (Å²) in [6, 6.07) is 5.42.